The van der Waals surface area contributed by atoms with Gasteiger partial charge in [0.25, 0.3) is 0 Å². The molecule has 0 saturated heterocycles. The summed E-state index contributed by atoms with van der Waals surface area (Å²) in [5, 5.41) is 0. The molecule has 16 heavy (non-hydrogen) atoms. The van der Waals surface area contributed by atoms with E-state index in [1.165, 1.54) is 11.3 Å². The zero-order valence-electron chi connectivity index (χ0n) is 10.3. The van der Waals surface area contributed by atoms with Crippen molar-refractivity contribution in [2.24, 2.45) is 5.41 Å². The number of hydrogen-bond acceptors (Lipinski definition) is 0. The van der Waals surface area contributed by atoms with Gasteiger partial charge in [-0.25, -0.2) is 0 Å². The normalized spacial score (nSPS) is 11.7. The third-order valence-electron chi connectivity index (χ3n) is 2.55. The van der Waals surface area contributed by atoms with Crippen LogP contribution >= 0.6 is 0 Å². The van der Waals surface area contributed by atoms with Gasteiger partial charge in [-0.2, -0.15) is 0 Å². The fourth-order valence-electron chi connectivity index (χ4n) is 1.95. The van der Waals surface area contributed by atoms with Crippen molar-refractivity contribution in [1.82, 2.24) is 4.57 Å². The molecule has 0 bridgehead atoms. The number of rotatable bonds is 2. The number of aromatic nitrogens is 1. The summed E-state index contributed by atoms with van der Waals surface area (Å²) in [6.45, 7) is 6.82. The fourth-order valence-corrected chi connectivity index (χ4v) is 1.95. The van der Waals surface area contributed by atoms with Crippen molar-refractivity contribution in [3.8, 4) is 5.69 Å². The lowest BCUT2D eigenvalue weighted by atomic mass is 9.88. The molecule has 0 aliphatic heterocycles. The quantitative estimate of drug-likeness (QED) is 0.708. The monoisotopic (exact) mass is 213 g/mol. The van der Waals surface area contributed by atoms with E-state index in [4.69, 9.17) is 0 Å². The summed E-state index contributed by atoms with van der Waals surface area (Å²) in [7, 11) is 0. The summed E-state index contributed by atoms with van der Waals surface area (Å²) in [5.41, 5.74) is 2.99. The standard InChI is InChI=1S/C15H19N/c1-15(2,3)12-13-7-6-8-14(11-13)16-9-4-5-10-16/h4-11H,12H2,1-3H3. The van der Waals surface area contributed by atoms with Crippen molar-refractivity contribution in [2.75, 3.05) is 0 Å². The maximum atomic E-state index is 2.27. The van der Waals surface area contributed by atoms with Gasteiger partial charge >= 0.3 is 0 Å². The van der Waals surface area contributed by atoms with Gasteiger partial charge in [0.1, 0.15) is 0 Å². The van der Waals surface area contributed by atoms with Gasteiger partial charge in [0.2, 0.25) is 0 Å². The highest BCUT2D eigenvalue weighted by atomic mass is 14.9. The highest BCUT2D eigenvalue weighted by Crippen LogP contribution is 2.22. The minimum Gasteiger partial charge on any atom is -0.324 e. The molecule has 0 spiro atoms. The molecule has 2 aromatic rings. The highest BCUT2D eigenvalue weighted by molar-refractivity contribution is 5.36. The Morgan fingerprint density at radius 3 is 2.31 bits per heavy atom. The summed E-state index contributed by atoms with van der Waals surface area (Å²) in [6.07, 6.45) is 5.27. The second-order valence-electron chi connectivity index (χ2n) is 5.50. The lowest BCUT2D eigenvalue weighted by Gasteiger charge is -2.18. The Hall–Kier alpha value is -1.50. The van der Waals surface area contributed by atoms with E-state index >= 15 is 0 Å². The Morgan fingerprint density at radius 1 is 1.00 bits per heavy atom. The third-order valence-corrected chi connectivity index (χ3v) is 2.55. The van der Waals surface area contributed by atoms with Gasteiger partial charge in [-0.05, 0) is 41.7 Å². The summed E-state index contributed by atoms with van der Waals surface area (Å²) in [4.78, 5) is 0. The molecular formula is C15H19N. The minimum atomic E-state index is 0.343. The van der Waals surface area contributed by atoms with Crippen LogP contribution in [-0.2, 0) is 6.42 Å². The Labute approximate surface area is 97.7 Å². The molecule has 84 valence electrons. The van der Waals surface area contributed by atoms with Crippen LogP contribution in [0.2, 0.25) is 0 Å². The second kappa shape index (κ2) is 4.17. The largest absolute Gasteiger partial charge is 0.324 e. The second-order valence-corrected chi connectivity index (χ2v) is 5.50. The van der Waals surface area contributed by atoms with Crippen molar-refractivity contribution in [3.63, 3.8) is 0 Å². The molecule has 0 N–H and O–H groups in total. The van der Waals surface area contributed by atoms with Gasteiger partial charge < -0.3 is 4.57 Å². The molecule has 0 fully saturated rings. The molecule has 2 rings (SSSR count). The molecule has 0 unspecified atom stereocenters. The van der Waals surface area contributed by atoms with E-state index in [1.54, 1.807) is 0 Å². The van der Waals surface area contributed by atoms with E-state index < -0.39 is 0 Å². The van der Waals surface area contributed by atoms with Gasteiger partial charge in [-0.1, -0.05) is 32.9 Å². The molecule has 0 aliphatic carbocycles. The topological polar surface area (TPSA) is 4.93 Å². The highest BCUT2D eigenvalue weighted by Gasteiger charge is 2.11. The molecule has 0 aliphatic rings. The summed E-state index contributed by atoms with van der Waals surface area (Å²) in [6, 6.07) is 12.9. The Balaban J connectivity index is 2.27. The lowest BCUT2D eigenvalue weighted by Crippen LogP contribution is -2.09. The van der Waals surface area contributed by atoms with Gasteiger partial charge in [0, 0.05) is 18.1 Å². The first-order valence-corrected chi connectivity index (χ1v) is 5.77. The van der Waals surface area contributed by atoms with Crippen molar-refractivity contribution in [1.29, 1.82) is 0 Å². The van der Waals surface area contributed by atoms with E-state index in [1.807, 2.05) is 0 Å². The average molecular weight is 213 g/mol. The molecular weight excluding hydrogens is 194 g/mol. The Kier molecular flexibility index (Phi) is 2.86. The van der Waals surface area contributed by atoms with Crippen LogP contribution in [0.15, 0.2) is 48.8 Å². The van der Waals surface area contributed by atoms with Crippen molar-refractivity contribution in [3.05, 3.63) is 54.4 Å². The average Bonchev–Trinajstić information content (AvgIpc) is 2.68. The van der Waals surface area contributed by atoms with Crippen LogP contribution in [0.25, 0.3) is 5.69 Å². The van der Waals surface area contributed by atoms with Crippen LogP contribution in [0.5, 0.6) is 0 Å². The molecule has 1 aromatic carbocycles. The van der Waals surface area contributed by atoms with E-state index in [0.29, 0.717) is 5.41 Å². The fraction of sp³-hybridized carbons (Fsp3) is 0.333. The van der Waals surface area contributed by atoms with Crippen molar-refractivity contribution >= 4 is 0 Å². The van der Waals surface area contributed by atoms with Gasteiger partial charge in [-0.15, -0.1) is 0 Å². The first-order chi connectivity index (χ1) is 7.54. The maximum absolute atomic E-state index is 2.27. The van der Waals surface area contributed by atoms with Crippen LogP contribution in [0, 0.1) is 5.41 Å². The van der Waals surface area contributed by atoms with Crippen LogP contribution in [0.4, 0.5) is 0 Å². The van der Waals surface area contributed by atoms with Crippen LogP contribution in [-0.4, -0.2) is 4.57 Å². The molecule has 1 heteroatoms. The van der Waals surface area contributed by atoms with Gasteiger partial charge in [0.15, 0.2) is 0 Å². The van der Waals surface area contributed by atoms with Gasteiger partial charge in [-0.3, -0.25) is 0 Å². The molecule has 0 amide bonds. The van der Waals surface area contributed by atoms with Crippen LogP contribution in [0.1, 0.15) is 26.3 Å². The molecule has 1 heterocycles. The molecule has 0 atom stereocenters. The SMILES string of the molecule is CC(C)(C)Cc1cccc(-n2cccc2)c1. The van der Waals surface area contributed by atoms with Crippen molar-refractivity contribution in [2.45, 2.75) is 27.2 Å². The lowest BCUT2D eigenvalue weighted by molar-refractivity contribution is 0.411. The smallest absolute Gasteiger partial charge is 0.0452 e. The maximum Gasteiger partial charge on any atom is 0.0452 e. The van der Waals surface area contributed by atoms with Gasteiger partial charge in [0.05, 0.1) is 0 Å². The zero-order valence-corrected chi connectivity index (χ0v) is 10.3. The Morgan fingerprint density at radius 2 is 1.69 bits per heavy atom. The van der Waals surface area contributed by atoms with Crippen LogP contribution < -0.4 is 0 Å². The predicted octanol–water partition coefficient (Wildman–Crippen LogP) is 4.07. The molecule has 1 nitrogen and oxygen atoms in total. The third kappa shape index (κ3) is 2.75. The van der Waals surface area contributed by atoms with E-state index in [-0.39, 0.29) is 0 Å². The molecule has 1 aromatic heterocycles. The molecule has 0 saturated carbocycles. The van der Waals surface area contributed by atoms with E-state index in [9.17, 15) is 0 Å². The van der Waals surface area contributed by atoms with Crippen molar-refractivity contribution < 1.29 is 0 Å². The number of hydrogen-bond donors (Lipinski definition) is 0. The van der Waals surface area contributed by atoms with E-state index in [2.05, 4.69) is 74.1 Å². The zero-order chi connectivity index (χ0) is 11.6. The first kappa shape index (κ1) is 11.0. The first-order valence-electron chi connectivity index (χ1n) is 5.77. The van der Waals surface area contributed by atoms with Crippen LogP contribution in [0.3, 0.4) is 0 Å². The number of benzene rings is 1. The Bertz CT molecular complexity index is 447. The molecule has 0 radical (unpaired) electrons. The minimum absolute atomic E-state index is 0.343. The van der Waals surface area contributed by atoms with E-state index in [0.717, 1.165) is 6.42 Å². The summed E-state index contributed by atoms with van der Waals surface area (Å²) >= 11 is 0. The number of nitrogens with zero attached hydrogens (tertiary/aromatic N) is 1. The predicted molar refractivity (Wildman–Crippen MR) is 68.9 cm³/mol. The summed E-state index contributed by atoms with van der Waals surface area (Å²) in [5.74, 6) is 0. The summed E-state index contributed by atoms with van der Waals surface area (Å²) < 4.78 is 2.14.